The van der Waals surface area contributed by atoms with Gasteiger partial charge in [-0.1, -0.05) is 53.2 Å². The van der Waals surface area contributed by atoms with Crippen molar-refractivity contribution < 1.29 is 4.79 Å². The van der Waals surface area contributed by atoms with Crippen molar-refractivity contribution in [1.29, 1.82) is 0 Å². The average Bonchev–Trinajstić information content (AvgIpc) is 2.91. The van der Waals surface area contributed by atoms with Crippen LogP contribution in [0.5, 0.6) is 0 Å². The molecule has 118 valence electrons. The molecule has 3 aromatic rings. The van der Waals surface area contributed by atoms with Crippen LogP contribution in [0.1, 0.15) is 6.92 Å². The summed E-state index contributed by atoms with van der Waals surface area (Å²) < 4.78 is 1.68. The molecule has 0 bridgehead atoms. The van der Waals surface area contributed by atoms with Crippen molar-refractivity contribution in [2.24, 2.45) is 0 Å². The Labute approximate surface area is 147 Å². The van der Waals surface area contributed by atoms with Gasteiger partial charge in [0.05, 0.1) is 15.3 Å². The van der Waals surface area contributed by atoms with Crippen molar-refractivity contribution >= 4 is 52.2 Å². The molecule has 3 rings (SSSR count). The van der Waals surface area contributed by atoms with Crippen molar-refractivity contribution in [3.8, 4) is 0 Å². The molecule has 2 heterocycles. The number of carbonyl (C=O) groups excluding carboxylic acids is 1. The Bertz CT molecular complexity index is 853. The second-order valence-electron chi connectivity index (χ2n) is 4.80. The van der Waals surface area contributed by atoms with Gasteiger partial charge >= 0.3 is 0 Å². The van der Waals surface area contributed by atoms with Crippen molar-refractivity contribution in [2.45, 2.75) is 17.3 Å². The minimum Gasteiger partial charge on any atom is -0.325 e. The van der Waals surface area contributed by atoms with E-state index in [1.165, 1.54) is 11.8 Å². The molecule has 0 saturated carbocycles. The molecule has 1 N–H and O–H groups in total. The Morgan fingerprint density at radius 1 is 1.26 bits per heavy atom. The smallest absolute Gasteiger partial charge is 0.237 e. The Balaban J connectivity index is 1.77. The van der Waals surface area contributed by atoms with Crippen molar-refractivity contribution in [2.75, 3.05) is 5.32 Å². The minimum absolute atomic E-state index is 0.119. The number of carbonyl (C=O) groups is 1. The van der Waals surface area contributed by atoms with Crippen molar-refractivity contribution in [3.05, 3.63) is 52.6 Å². The van der Waals surface area contributed by atoms with Gasteiger partial charge in [0.1, 0.15) is 0 Å². The fraction of sp³-hybridized carbons (Fsp3) is 0.133. The average molecular weight is 367 g/mol. The number of hydrogen-bond donors (Lipinski definition) is 1. The van der Waals surface area contributed by atoms with Gasteiger partial charge in [-0.3, -0.25) is 9.20 Å². The summed E-state index contributed by atoms with van der Waals surface area (Å²) in [7, 11) is 0. The molecule has 1 atom stereocenters. The number of nitrogens with zero attached hydrogens (tertiary/aromatic N) is 3. The van der Waals surface area contributed by atoms with Crippen LogP contribution in [-0.4, -0.2) is 25.8 Å². The maximum atomic E-state index is 12.3. The van der Waals surface area contributed by atoms with E-state index in [4.69, 9.17) is 23.2 Å². The van der Waals surface area contributed by atoms with Gasteiger partial charge in [0.15, 0.2) is 10.8 Å². The highest BCUT2D eigenvalue weighted by atomic mass is 35.5. The number of benzene rings is 1. The SMILES string of the molecule is CC(Sc1nnc2c(Cl)cc(Cl)cn12)C(=O)Nc1ccccc1. The highest BCUT2D eigenvalue weighted by Crippen LogP contribution is 2.27. The lowest BCUT2D eigenvalue weighted by molar-refractivity contribution is -0.115. The molecule has 1 unspecified atom stereocenters. The van der Waals surface area contributed by atoms with Crippen LogP contribution in [0, 0.1) is 0 Å². The lowest BCUT2D eigenvalue weighted by Gasteiger charge is -2.11. The van der Waals surface area contributed by atoms with Crippen LogP contribution in [0.3, 0.4) is 0 Å². The third kappa shape index (κ3) is 3.60. The number of halogens is 2. The summed E-state index contributed by atoms with van der Waals surface area (Å²) >= 11 is 13.4. The van der Waals surface area contributed by atoms with E-state index in [0.29, 0.717) is 20.8 Å². The third-order valence-electron chi connectivity index (χ3n) is 3.09. The van der Waals surface area contributed by atoms with Crippen LogP contribution < -0.4 is 5.32 Å². The summed E-state index contributed by atoms with van der Waals surface area (Å²) in [5, 5.41) is 12.0. The van der Waals surface area contributed by atoms with E-state index >= 15 is 0 Å². The quantitative estimate of drug-likeness (QED) is 0.704. The molecule has 0 fully saturated rings. The van der Waals surface area contributed by atoms with Gasteiger partial charge in [-0.15, -0.1) is 10.2 Å². The van der Waals surface area contributed by atoms with Gasteiger partial charge in [-0.05, 0) is 25.1 Å². The highest BCUT2D eigenvalue weighted by Gasteiger charge is 2.19. The summed E-state index contributed by atoms with van der Waals surface area (Å²) in [6.45, 7) is 1.80. The molecule has 0 aliphatic carbocycles. The maximum Gasteiger partial charge on any atom is 0.237 e. The first-order valence-electron chi connectivity index (χ1n) is 6.77. The molecular weight excluding hydrogens is 355 g/mol. The second kappa shape index (κ2) is 6.78. The van der Waals surface area contributed by atoms with Gasteiger partial charge in [0, 0.05) is 11.9 Å². The Kier molecular flexibility index (Phi) is 4.75. The molecule has 0 saturated heterocycles. The molecule has 8 heteroatoms. The Morgan fingerprint density at radius 3 is 2.74 bits per heavy atom. The van der Waals surface area contributed by atoms with Crippen LogP contribution in [0.2, 0.25) is 10.0 Å². The molecule has 5 nitrogen and oxygen atoms in total. The lowest BCUT2D eigenvalue weighted by Crippen LogP contribution is -2.22. The summed E-state index contributed by atoms with van der Waals surface area (Å²) in [6, 6.07) is 10.9. The number of hydrogen-bond acceptors (Lipinski definition) is 4. The van der Waals surface area contributed by atoms with E-state index in [2.05, 4.69) is 15.5 Å². The predicted molar refractivity (Wildman–Crippen MR) is 93.4 cm³/mol. The van der Waals surface area contributed by atoms with Gasteiger partial charge in [0.2, 0.25) is 5.91 Å². The molecule has 1 amide bonds. The number of fused-ring (bicyclic) bond motifs is 1. The van der Waals surface area contributed by atoms with E-state index in [1.807, 2.05) is 30.3 Å². The normalized spacial score (nSPS) is 12.3. The molecule has 0 aliphatic heterocycles. The van der Waals surface area contributed by atoms with Gasteiger partial charge in [0.25, 0.3) is 0 Å². The number of para-hydroxylation sites is 1. The minimum atomic E-state index is -0.361. The summed E-state index contributed by atoms with van der Waals surface area (Å²) in [6.07, 6.45) is 1.67. The van der Waals surface area contributed by atoms with E-state index in [1.54, 1.807) is 23.6 Å². The molecular formula is C15H12Cl2N4OS. The highest BCUT2D eigenvalue weighted by molar-refractivity contribution is 8.00. The first-order chi connectivity index (χ1) is 11.0. The number of pyridine rings is 1. The van der Waals surface area contributed by atoms with Crippen LogP contribution in [0.4, 0.5) is 5.69 Å². The molecule has 0 radical (unpaired) electrons. The van der Waals surface area contributed by atoms with Crippen molar-refractivity contribution in [1.82, 2.24) is 14.6 Å². The van der Waals surface area contributed by atoms with E-state index in [-0.39, 0.29) is 11.2 Å². The third-order valence-corrected chi connectivity index (χ3v) is 4.63. The predicted octanol–water partition coefficient (Wildman–Crippen LogP) is 4.16. The van der Waals surface area contributed by atoms with E-state index in [9.17, 15) is 4.79 Å². The first-order valence-corrected chi connectivity index (χ1v) is 8.40. The van der Waals surface area contributed by atoms with Crippen LogP contribution >= 0.6 is 35.0 Å². The van der Waals surface area contributed by atoms with Gasteiger partial charge in [-0.25, -0.2) is 0 Å². The monoisotopic (exact) mass is 366 g/mol. The number of aromatic nitrogens is 3. The first kappa shape index (κ1) is 16.1. The van der Waals surface area contributed by atoms with Crippen LogP contribution in [0.15, 0.2) is 47.8 Å². The lowest BCUT2D eigenvalue weighted by atomic mass is 10.3. The molecule has 0 spiro atoms. The summed E-state index contributed by atoms with van der Waals surface area (Å²) in [4.78, 5) is 12.3. The molecule has 0 aliphatic rings. The van der Waals surface area contributed by atoms with E-state index in [0.717, 1.165) is 5.69 Å². The number of anilines is 1. The van der Waals surface area contributed by atoms with Gasteiger partial charge < -0.3 is 5.32 Å². The van der Waals surface area contributed by atoms with E-state index < -0.39 is 0 Å². The van der Waals surface area contributed by atoms with Crippen molar-refractivity contribution in [3.63, 3.8) is 0 Å². The number of nitrogens with one attached hydrogen (secondary N) is 1. The Hall–Kier alpha value is -1.76. The number of thioether (sulfide) groups is 1. The summed E-state index contributed by atoms with van der Waals surface area (Å²) in [5.74, 6) is -0.119. The molecule has 1 aromatic carbocycles. The molecule has 2 aromatic heterocycles. The zero-order chi connectivity index (χ0) is 16.4. The number of amides is 1. The van der Waals surface area contributed by atoms with Gasteiger partial charge in [-0.2, -0.15) is 0 Å². The topological polar surface area (TPSA) is 59.3 Å². The fourth-order valence-corrected chi connectivity index (χ4v) is 3.29. The fourth-order valence-electron chi connectivity index (χ4n) is 1.96. The largest absolute Gasteiger partial charge is 0.325 e. The second-order valence-corrected chi connectivity index (χ2v) is 6.95. The zero-order valence-electron chi connectivity index (χ0n) is 12.0. The standard InChI is InChI=1S/C15H12Cl2N4OS/c1-9(14(22)18-11-5-3-2-4-6-11)23-15-20-19-13-12(17)7-10(16)8-21(13)15/h2-9H,1H3,(H,18,22). The van der Waals surface area contributed by atoms with Crippen LogP contribution in [-0.2, 0) is 4.79 Å². The number of rotatable bonds is 4. The molecule has 23 heavy (non-hydrogen) atoms. The maximum absolute atomic E-state index is 12.3. The van der Waals surface area contributed by atoms with Crippen LogP contribution in [0.25, 0.3) is 5.65 Å². The Morgan fingerprint density at radius 2 is 2.00 bits per heavy atom. The summed E-state index contributed by atoms with van der Waals surface area (Å²) in [5.41, 5.74) is 1.26. The zero-order valence-corrected chi connectivity index (χ0v) is 14.4.